The van der Waals surface area contributed by atoms with Gasteiger partial charge in [-0.15, -0.1) is 0 Å². The highest BCUT2D eigenvalue weighted by atomic mass is 35.5. The second-order valence-electron chi connectivity index (χ2n) is 10.9. The van der Waals surface area contributed by atoms with Crippen molar-refractivity contribution in [3.63, 3.8) is 0 Å². The van der Waals surface area contributed by atoms with Crippen LogP contribution in [0.2, 0.25) is 5.02 Å². The van der Waals surface area contributed by atoms with E-state index >= 15 is 0 Å². The SMILES string of the molecule is CC(C)(C)OC(=O)NC1[C@@H]2CCC[C@H]1CC(CNc1nc(NCc3cccc(Cl)c3)ncc1C#N)C2. The lowest BCUT2D eigenvalue weighted by Gasteiger charge is -2.46. The largest absolute Gasteiger partial charge is 0.444 e. The van der Waals surface area contributed by atoms with Gasteiger partial charge >= 0.3 is 6.09 Å². The molecule has 1 aromatic heterocycles. The summed E-state index contributed by atoms with van der Waals surface area (Å²) >= 11 is 6.07. The summed E-state index contributed by atoms with van der Waals surface area (Å²) < 4.78 is 5.51. The Morgan fingerprint density at radius 2 is 1.97 bits per heavy atom. The zero-order valence-corrected chi connectivity index (χ0v) is 21.9. The first-order chi connectivity index (χ1) is 17.2. The highest BCUT2D eigenvalue weighted by molar-refractivity contribution is 6.30. The van der Waals surface area contributed by atoms with Crippen LogP contribution >= 0.6 is 11.6 Å². The molecule has 2 aliphatic carbocycles. The summed E-state index contributed by atoms with van der Waals surface area (Å²) in [4.78, 5) is 21.3. The minimum absolute atomic E-state index is 0.167. The highest BCUT2D eigenvalue weighted by Gasteiger charge is 2.41. The lowest BCUT2D eigenvalue weighted by molar-refractivity contribution is 0.0324. The third-order valence-corrected chi connectivity index (χ3v) is 7.16. The lowest BCUT2D eigenvalue weighted by atomic mass is 9.64. The second kappa shape index (κ2) is 11.3. The number of hydrogen-bond acceptors (Lipinski definition) is 7. The van der Waals surface area contributed by atoms with Gasteiger partial charge in [-0.1, -0.05) is 30.2 Å². The second-order valence-corrected chi connectivity index (χ2v) is 11.3. The summed E-state index contributed by atoms with van der Waals surface area (Å²) in [5, 5.41) is 20.0. The molecular formula is C27H35ClN6O2. The van der Waals surface area contributed by atoms with Gasteiger partial charge in [0.2, 0.25) is 5.95 Å². The number of hydrogen-bond donors (Lipinski definition) is 3. The van der Waals surface area contributed by atoms with Crippen molar-refractivity contribution in [2.75, 3.05) is 17.2 Å². The summed E-state index contributed by atoms with van der Waals surface area (Å²) in [5.41, 5.74) is 0.940. The lowest BCUT2D eigenvalue weighted by Crippen LogP contribution is -2.52. The third kappa shape index (κ3) is 7.01. The fraction of sp³-hybridized carbons (Fsp3) is 0.556. The van der Waals surface area contributed by atoms with Gasteiger partial charge in [-0.25, -0.2) is 9.78 Å². The van der Waals surface area contributed by atoms with Gasteiger partial charge in [-0.05, 0) is 81.9 Å². The molecule has 3 N–H and O–H groups in total. The van der Waals surface area contributed by atoms with Crippen LogP contribution in [0.5, 0.6) is 0 Å². The Labute approximate surface area is 218 Å². The first-order valence-electron chi connectivity index (χ1n) is 12.7. The zero-order chi connectivity index (χ0) is 25.7. The normalized spacial score (nSPS) is 23.3. The first kappa shape index (κ1) is 26.0. The smallest absolute Gasteiger partial charge is 0.407 e. The van der Waals surface area contributed by atoms with E-state index < -0.39 is 5.60 Å². The maximum atomic E-state index is 12.4. The molecule has 2 bridgehead atoms. The highest BCUT2D eigenvalue weighted by Crippen LogP contribution is 2.43. The summed E-state index contributed by atoms with van der Waals surface area (Å²) in [7, 11) is 0. The molecule has 36 heavy (non-hydrogen) atoms. The number of alkyl carbamates (subject to hydrolysis) is 1. The molecular weight excluding hydrogens is 476 g/mol. The topological polar surface area (TPSA) is 112 Å². The average Bonchev–Trinajstić information content (AvgIpc) is 2.80. The number of nitrogens with one attached hydrogen (secondary N) is 3. The predicted octanol–water partition coefficient (Wildman–Crippen LogP) is 5.75. The van der Waals surface area contributed by atoms with Gasteiger partial charge in [0.1, 0.15) is 23.1 Å². The number of nitrogens with zero attached hydrogens (tertiary/aromatic N) is 3. The molecule has 2 unspecified atom stereocenters. The molecule has 0 saturated heterocycles. The van der Waals surface area contributed by atoms with Gasteiger partial charge in [0, 0.05) is 24.2 Å². The molecule has 2 saturated carbocycles. The van der Waals surface area contributed by atoms with Crippen LogP contribution in [0.4, 0.5) is 16.6 Å². The van der Waals surface area contributed by atoms with E-state index in [1.54, 1.807) is 6.20 Å². The predicted molar refractivity (Wildman–Crippen MR) is 141 cm³/mol. The zero-order valence-electron chi connectivity index (χ0n) is 21.2. The number of fused-ring (bicyclic) bond motifs is 2. The van der Waals surface area contributed by atoms with Crippen molar-refractivity contribution in [1.29, 1.82) is 5.26 Å². The van der Waals surface area contributed by atoms with E-state index in [1.807, 2.05) is 45.0 Å². The molecule has 2 fully saturated rings. The molecule has 192 valence electrons. The Kier molecular flexibility index (Phi) is 8.20. The number of ether oxygens (including phenoxy) is 1. The number of rotatable bonds is 7. The number of aromatic nitrogens is 2. The Balaban J connectivity index is 1.35. The number of anilines is 2. The Bertz CT molecular complexity index is 1100. The number of nitriles is 1. The molecule has 4 rings (SSSR count). The maximum Gasteiger partial charge on any atom is 0.407 e. The molecule has 9 heteroatoms. The van der Waals surface area contributed by atoms with E-state index in [9.17, 15) is 10.1 Å². The van der Waals surface area contributed by atoms with Gasteiger partial charge in [0.05, 0.1) is 6.20 Å². The van der Waals surface area contributed by atoms with Crippen LogP contribution in [0.3, 0.4) is 0 Å². The van der Waals surface area contributed by atoms with Crippen LogP contribution in [0.25, 0.3) is 0 Å². The van der Waals surface area contributed by atoms with Gasteiger partial charge in [0.25, 0.3) is 0 Å². The number of carbonyl (C=O) groups is 1. The maximum absolute atomic E-state index is 12.4. The Morgan fingerprint density at radius 1 is 1.22 bits per heavy atom. The Morgan fingerprint density at radius 3 is 2.64 bits per heavy atom. The van der Waals surface area contributed by atoms with Gasteiger partial charge < -0.3 is 20.7 Å². The summed E-state index contributed by atoms with van der Waals surface area (Å²) in [6.07, 6.45) is 6.70. The minimum atomic E-state index is -0.502. The molecule has 0 aliphatic heterocycles. The molecule has 1 heterocycles. The molecule has 2 aromatic rings. The van der Waals surface area contributed by atoms with Crippen LogP contribution in [0, 0.1) is 29.1 Å². The molecule has 0 radical (unpaired) electrons. The van der Waals surface area contributed by atoms with Crippen LogP contribution in [0.1, 0.15) is 64.0 Å². The van der Waals surface area contributed by atoms with Crippen molar-refractivity contribution in [2.24, 2.45) is 17.8 Å². The van der Waals surface area contributed by atoms with E-state index in [0.717, 1.165) is 37.8 Å². The molecule has 1 aromatic carbocycles. The number of halogens is 1. The molecule has 8 nitrogen and oxygen atoms in total. The van der Waals surface area contributed by atoms with E-state index in [2.05, 4.69) is 32.0 Å². The van der Waals surface area contributed by atoms with Crippen molar-refractivity contribution < 1.29 is 9.53 Å². The van der Waals surface area contributed by atoms with Crippen molar-refractivity contribution in [3.8, 4) is 6.07 Å². The van der Waals surface area contributed by atoms with Crippen LogP contribution in [-0.2, 0) is 11.3 Å². The molecule has 1 amide bonds. The van der Waals surface area contributed by atoms with Gasteiger partial charge in [-0.3, -0.25) is 0 Å². The Hall–Kier alpha value is -3.05. The third-order valence-electron chi connectivity index (χ3n) is 6.93. The van der Waals surface area contributed by atoms with E-state index in [1.165, 1.54) is 6.42 Å². The van der Waals surface area contributed by atoms with E-state index in [0.29, 0.717) is 46.7 Å². The number of amides is 1. The van der Waals surface area contributed by atoms with Crippen LogP contribution in [0.15, 0.2) is 30.5 Å². The monoisotopic (exact) mass is 510 g/mol. The quantitative estimate of drug-likeness (QED) is 0.435. The first-order valence-corrected chi connectivity index (χ1v) is 13.1. The fourth-order valence-electron chi connectivity index (χ4n) is 5.47. The molecule has 4 atom stereocenters. The van der Waals surface area contributed by atoms with Crippen LogP contribution in [-0.4, -0.2) is 34.2 Å². The van der Waals surface area contributed by atoms with Crippen molar-refractivity contribution in [3.05, 3.63) is 46.6 Å². The van der Waals surface area contributed by atoms with E-state index in [-0.39, 0.29) is 12.1 Å². The standard InChI is InChI=1S/C27H35ClN6O2/c1-27(2,3)36-26(35)33-23-19-7-5-8-20(23)11-18(10-19)15-30-24-21(13-29)16-32-25(34-24)31-14-17-6-4-9-22(28)12-17/h4,6,9,12,16,18-20,23H,5,7-8,10-11,14-15H2,1-3H3,(H,33,35)(H2,30,31,32,34)/t18?,19-,20+,23?. The van der Waals surface area contributed by atoms with Crippen molar-refractivity contribution >= 4 is 29.5 Å². The molecule has 0 spiro atoms. The number of carbonyl (C=O) groups excluding carboxylic acids is 1. The minimum Gasteiger partial charge on any atom is -0.444 e. The summed E-state index contributed by atoms with van der Waals surface area (Å²) in [6, 6.07) is 9.96. The van der Waals surface area contributed by atoms with Crippen LogP contribution < -0.4 is 16.0 Å². The summed E-state index contributed by atoms with van der Waals surface area (Å²) in [5.74, 6) is 2.32. The van der Waals surface area contributed by atoms with Crippen molar-refractivity contribution in [1.82, 2.24) is 15.3 Å². The van der Waals surface area contributed by atoms with Gasteiger partial charge in [-0.2, -0.15) is 10.2 Å². The number of benzene rings is 1. The average molecular weight is 511 g/mol. The van der Waals surface area contributed by atoms with Gasteiger partial charge in [0.15, 0.2) is 0 Å². The van der Waals surface area contributed by atoms with E-state index in [4.69, 9.17) is 16.3 Å². The molecule has 2 aliphatic rings. The summed E-state index contributed by atoms with van der Waals surface area (Å²) in [6.45, 7) is 6.92. The van der Waals surface area contributed by atoms with Crippen molar-refractivity contribution in [2.45, 2.75) is 71.1 Å². The fourth-order valence-corrected chi connectivity index (χ4v) is 5.68.